The summed E-state index contributed by atoms with van der Waals surface area (Å²) in [6.45, 7) is 1.95. The van der Waals surface area contributed by atoms with Gasteiger partial charge in [0.05, 0.1) is 5.69 Å². The molecule has 5 rings (SSSR count). The van der Waals surface area contributed by atoms with Crippen molar-refractivity contribution < 1.29 is 14.6 Å². The highest BCUT2D eigenvalue weighted by molar-refractivity contribution is 9.11. The van der Waals surface area contributed by atoms with E-state index in [0.29, 0.717) is 5.46 Å². The summed E-state index contributed by atoms with van der Waals surface area (Å²) in [6, 6.07) is 37.8. The molecule has 0 amide bonds. The summed E-state index contributed by atoms with van der Waals surface area (Å²) in [4.78, 5) is 4.14. The number of aromatic nitrogens is 2. The van der Waals surface area contributed by atoms with Gasteiger partial charge in [-0.15, -0.1) is 0 Å². The second-order valence-electron chi connectivity index (χ2n) is 8.13. The zero-order valence-electron chi connectivity index (χ0n) is 20.7. The minimum Gasteiger partial charge on any atom is -0.423 e. The third-order valence-corrected chi connectivity index (χ3v) is 6.68. The molecule has 0 saturated heterocycles. The van der Waals surface area contributed by atoms with Crippen LogP contribution in [0.5, 0.6) is 0 Å². The van der Waals surface area contributed by atoms with Crippen molar-refractivity contribution in [2.75, 3.05) is 0 Å². The summed E-state index contributed by atoms with van der Waals surface area (Å²) in [5.74, 6) is 0. The predicted octanol–water partition coefficient (Wildman–Crippen LogP) is 6.13. The molecule has 0 spiro atoms. The number of hydrogen-bond acceptors (Lipinski definition) is 3. The summed E-state index contributed by atoms with van der Waals surface area (Å²) in [5, 5.41) is 17.2. The molecule has 0 aliphatic carbocycles. The monoisotopic (exact) mass is 617 g/mol. The standard InChI is InChI=1S/C18H16N.C6H7BO2.C6H5Br2N/c1-19-14-17(15-8-4-2-5-9-15)12-13-18(19)16-10-6-3-7-11-16;8-7(9)6-4-2-1-3-5-6;1-4-5(7)2-3-6(8)9-4/h2-14H,1H3;1-5,8-9H;2-3H,1H3/q+1;;. The minimum absolute atomic E-state index is 0.525. The Kier molecular flexibility index (Phi) is 11.2. The van der Waals surface area contributed by atoms with Crippen LogP contribution in [0.1, 0.15) is 5.69 Å². The average molecular weight is 619 g/mol. The molecule has 0 saturated carbocycles. The highest BCUT2D eigenvalue weighted by atomic mass is 79.9. The van der Waals surface area contributed by atoms with Gasteiger partial charge in [-0.05, 0) is 80.1 Å². The maximum Gasteiger partial charge on any atom is 0.488 e. The largest absolute Gasteiger partial charge is 0.488 e. The van der Waals surface area contributed by atoms with E-state index in [-0.39, 0.29) is 0 Å². The van der Waals surface area contributed by atoms with Crippen LogP contribution in [0, 0.1) is 6.92 Å². The predicted molar refractivity (Wildman–Crippen MR) is 159 cm³/mol. The normalized spacial score (nSPS) is 9.89. The van der Waals surface area contributed by atoms with Gasteiger partial charge in [-0.25, -0.2) is 9.55 Å². The number of hydrogen-bond donors (Lipinski definition) is 2. The number of rotatable bonds is 3. The zero-order valence-corrected chi connectivity index (χ0v) is 23.8. The minimum atomic E-state index is -1.34. The summed E-state index contributed by atoms with van der Waals surface area (Å²) >= 11 is 6.61. The topological polar surface area (TPSA) is 57.2 Å². The number of halogens is 2. The van der Waals surface area contributed by atoms with Crippen LogP contribution in [-0.2, 0) is 7.05 Å². The maximum absolute atomic E-state index is 8.58. The van der Waals surface area contributed by atoms with E-state index in [4.69, 9.17) is 10.0 Å². The molecule has 2 N–H and O–H groups in total. The Labute approximate surface area is 235 Å². The lowest BCUT2D eigenvalue weighted by molar-refractivity contribution is -0.659. The van der Waals surface area contributed by atoms with Crippen LogP contribution in [0.3, 0.4) is 0 Å². The number of aryl methyl sites for hydroxylation is 2. The highest BCUT2D eigenvalue weighted by Gasteiger charge is 2.10. The lowest BCUT2D eigenvalue weighted by Crippen LogP contribution is -2.30. The second-order valence-corrected chi connectivity index (χ2v) is 9.80. The van der Waals surface area contributed by atoms with Gasteiger partial charge in [-0.1, -0.05) is 78.9 Å². The van der Waals surface area contributed by atoms with E-state index < -0.39 is 7.12 Å². The second kappa shape index (κ2) is 14.6. The van der Waals surface area contributed by atoms with Gasteiger partial charge in [0.25, 0.3) is 0 Å². The van der Waals surface area contributed by atoms with Crippen LogP contribution in [0.15, 0.2) is 131 Å². The fourth-order valence-electron chi connectivity index (χ4n) is 3.46. The third kappa shape index (κ3) is 9.06. The van der Waals surface area contributed by atoms with Crippen molar-refractivity contribution in [3.8, 4) is 22.4 Å². The zero-order chi connectivity index (χ0) is 26.6. The van der Waals surface area contributed by atoms with Crippen LogP contribution >= 0.6 is 31.9 Å². The van der Waals surface area contributed by atoms with Crippen LogP contribution < -0.4 is 10.0 Å². The van der Waals surface area contributed by atoms with Gasteiger partial charge in [0.15, 0.2) is 6.20 Å². The van der Waals surface area contributed by atoms with E-state index >= 15 is 0 Å². The van der Waals surface area contributed by atoms with Crippen molar-refractivity contribution in [1.82, 2.24) is 4.98 Å². The molecule has 0 atom stereocenters. The van der Waals surface area contributed by atoms with E-state index in [1.165, 1.54) is 22.4 Å². The lowest BCUT2D eigenvalue weighted by atomic mass is 9.81. The van der Waals surface area contributed by atoms with Gasteiger partial charge < -0.3 is 10.0 Å². The summed E-state index contributed by atoms with van der Waals surface area (Å²) in [5.41, 5.74) is 6.48. The SMILES string of the molecule is C[n+]1cc(-c2ccccc2)ccc1-c1ccccc1.Cc1nc(Br)ccc1Br.OB(O)c1ccccc1. The summed E-state index contributed by atoms with van der Waals surface area (Å²) in [6.07, 6.45) is 2.18. The molecule has 5 aromatic rings. The molecule has 2 heterocycles. The molecular weight excluding hydrogens is 591 g/mol. The molecule has 0 fully saturated rings. The Morgan fingerprint density at radius 3 is 1.65 bits per heavy atom. The molecule has 37 heavy (non-hydrogen) atoms. The highest BCUT2D eigenvalue weighted by Crippen LogP contribution is 2.21. The number of nitrogens with zero attached hydrogens (tertiary/aromatic N) is 2. The number of pyridine rings is 2. The van der Waals surface area contributed by atoms with Crippen molar-refractivity contribution in [1.29, 1.82) is 0 Å². The molecule has 0 aliphatic rings. The molecule has 3 aromatic carbocycles. The average Bonchev–Trinajstić information content (AvgIpc) is 2.93. The lowest BCUT2D eigenvalue weighted by Gasteiger charge is -2.03. The molecule has 186 valence electrons. The Bertz CT molecular complexity index is 1390. The first-order valence-electron chi connectivity index (χ1n) is 11.7. The molecule has 0 radical (unpaired) electrons. The van der Waals surface area contributed by atoms with E-state index in [9.17, 15) is 0 Å². The molecule has 7 heteroatoms. The van der Waals surface area contributed by atoms with Crippen molar-refractivity contribution in [2.45, 2.75) is 6.92 Å². The van der Waals surface area contributed by atoms with Crippen molar-refractivity contribution in [3.05, 3.63) is 136 Å². The molecule has 0 bridgehead atoms. The molecule has 4 nitrogen and oxygen atoms in total. The quantitative estimate of drug-likeness (QED) is 0.145. The first-order valence-corrected chi connectivity index (χ1v) is 13.2. The summed E-state index contributed by atoms with van der Waals surface area (Å²) < 4.78 is 4.10. The van der Waals surface area contributed by atoms with Crippen molar-refractivity contribution in [3.63, 3.8) is 0 Å². The van der Waals surface area contributed by atoms with Gasteiger partial charge >= 0.3 is 7.12 Å². The van der Waals surface area contributed by atoms with E-state index in [2.05, 4.69) is 115 Å². The van der Waals surface area contributed by atoms with Crippen LogP contribution in [0.4, 0.5) is 0 Å². The molecular formula is C30H28BBr2N2O2+. The van der Waals surface area contributed by atoms with Crippen molar-refractivity contribution in [2.24, 2.45) is 7.05 Å². The molecule has 0 unspecified atom stereocenters. The first-order chi connectivity index (χ1) is 17.8. The Hall–Kier alpha value is -3.10. The Morgan fingerprint density at radius 2 is 1.19 bits per heavy atom. The fraction of sp³-hybridized carbons (Fsp3) is 0.0667. The van der Waals surface area contributed by atoms with Crippen LogP contribution in [0.2, 0.25) is 0 Å². The molecule has 2 aromatic heterocycles. The van der Waals surface area contributed by atoms with Gasteiger partial charge in [0, 0.05) is 21.7 Å². The third-order valence-electron chi connectivity index (χ3n) is 5.40. The van der Waals surface area contributed by atoms with E-state index in [0.717, 1.165) is 14.8 Å². The summed E-state index contributed by atoms with van der Waals surface area (Å²) in [7, 11) is 0.751. The molecule has 0 aliphatic heterocycles. The Balaban J connectivity index is 0.000000176. The maximum atomic E-state index is 8.58. The van der Waals surface area contributed by atoms with Gasteiger partial charge in [0.2, 0.25) is 5.69 Å². The fourth-order valence-corrected chi connectivity index (χ4v) is 4.08. The van der Waals surface area contributed by atoms with Gasteiger partial charge in [-0.3, -0.25) is 0 Å². The van der Waals surface area contributed by atoms with E-state index in [1.54, 1.807) is 24.3 Å². The van der Waals surface area contributed by atoms with Crippen molar-refractivity contribution >= 4 is 44.4 Å². The van der Waals surface area contributed by atoms with Gasteiger partial charge in [0.1, 0.15) is 11.7 Å². The first kappa shape index (κ1) is 28.5. The smallest absolute Gasteiger partial charge is 0.423 e. The van der Waals surface area contributed by atoms with Crippen LogP contribution in [0.25, 0.3) is 22.4 Å². The van der Waals surface area contributed by atoms with Crippen LogP contribution in [-0.4, -0.2) is 22.2 Å². The number of benzene rings is 3. The Morgan fingerprint density at radius 1 is 0.649 bits per heavy atom. The van der Waals surface area contributed by atoms with E-state index in [1.807, 2.05) is 37.3 Å². The van der Waals surface area contributed by atoms with Gasteiger partial charge in [-0.2, -0.15) is 0 Å².